The molecule has 1 aliphatic heterocycles. The van der Waals surface area contributed by atoms with Crippen molar-refractivity contribution in [1.29, 1.82) is 0 Å². The number of ether oxygens (including phenoxy) is 2. The van der Waals surface area contributed by atoms with Crippen LogP contribution in [0.25, 0.3) is 0 Å². The standard InChI is InChI=1S/C22H24F3NO4/c1-3-26-10-4-5-15(13-26)21(28)30-22(11-14-6-8-16(29-2)9-7-14)12-17(23)18(24)19(25)20(22)27/h6-9,12,15H,3-5,10-11,13H2,1-2H3. The molecule has 0 amide bonds. The molecule has 1 aromatic carbocycles. The predicted molar refractivity (Wildman–Crippen MR) is 104 cm³/mol. The van der Waals surface area contributed by atoms with E-state index in [1.54, 1.807) is 24.3 Å². The molecule has 3 rings (SSSR count). The van der Waals surface area contributed by atoms with Crippen molar-refractivity contribution in [3.8, 4) is 5.75 Å². The second-order valence-electron chi connectivity index (χ2n) is 7.52. The zero-order valence-electron chi connectivity index (χ0n) is 16.9. The lowest BCUT2D eigenvalue weighted by Gasteiger charge is -2.35. The summed E-state index contributed by atoms with van der Waals surface area (Å²) in [7, 11) is 1.48. The number of ketones is 1. The number of hydrogen-bond donors (Lipinski definition) is 0. The summed E-state index contributed by atoms with van der Waals surface area (Å²) in [6, 6.07) is 6.37. The summed E-state index contributed by atoms with van der Waals surface area (Å²) in [6.45, 7) is 3.98. The van der Waals surface area contributed by atoms with Crippen LogP contribution >= 0.6 is 0 Å². The monoisotopic (exact) mass is 423 g/mol. The van der Waals surface area contributed by atoms with E-state index in [9.17, 15) is 22.8 Å². The number of benzene rings is 1. The molecular formula is C22H24F3NO4. The molecule has 0 N–H and O–H groups in total. The number of carbonyl (C=O) groups is 2. The van der Waals surface area contributed by atoms with Gasteiger partial charge in [-0.1, -0.05) is 19.1 Å². The zero-order valence-corrected chi connectivity index (χ0v) is 16.9. The molecule has 0 aromatic heterocycles. The second-order valence-corrected chi connectivity index (χ2v) is 7.52. The van der Waals surface area contributed by atoms with Crippen molar-refractivity contribution in [3.63, 3.8) is 0 Å². The number of allylic oxidation sites excluding steroid dienone is 2. The Kier molecular flexibility index (Phi) is 6.65. The quantitative estimate of drug-likeness (QED) is 0.651. The highest BCUT2D eigenvalue weighted by molar-refractivity contribution is 6.05. The average Bonchev–Trinajstić information content (AvgIpc) is 2.76. The van der Waals surface area contributed by atoms with Gasteiger partial charge in [0.15, 0.2) is 11.7 Å². The third kappa shape index (κ3) is 4.43. The highest BCUT2D eigenvalue weighted by Gasteiger charge is 2.49. The molecule has 162 valence electrons. The van der Waals surface area contributed by atoms with Gasteiger partial charge in [-0.05, 0) is 43.6 Å². The third-order valence-electron chi connectivity index (χ3n) is 5.54. The van der Waals surface area contributed by atoms with Crippen LogP contribution in [0.15, 0.2) is 47.8 Å². The Balaban J connectivity index is 1.91. The van der Waals surface area contributed by atoms with Crippen molar-refractivity contribution in [3.05, 3.63) is 53.4 Å². The number of Topliss-reactive ketones (excluding diaryl/α,β-unsaturated/α-hetero) is 1. The summed E-state index contributed by atoms with van der Waals surface area (Å²) in [5, 5.41) is 0. The molecule has 0 saturated carbocycles. The lowest BCUT2D eigenvalue weighted by atomic mass is 9.85. The molecule has 1 fully saturated rings. The first-order valence-electron chi connectivity index (χ1n) is 9.86. The van der Waals surface area contributed by atoms with Crippen LogP contribution in [0.1, 0.15) is 25.3 Å². The number of likely N-dealkylation sites (tertiary alicyclic amines) is 1. The van der Waals surface area contributed by atoms with Crippen molar-refractivity contribution in [2.75, 3.05) is 26.7 Å². The molecule has 0 radical (unpaired) electrons. The van der Waals surface area contributed by atoms with Crippen LogP contribution < -0.4 is 4.74 Å². The van der Waals surface area contributed by atoms with E-state index in [1.165, 1.54) is 7.11 Å². The molecule has 2 unspecified atom stereocenters. The summed E-state index contributed by atoms with van der Waals surface area (Å²) in [4.78, 5) is 27.6. The van der Waals surface area contributed by atoms with Gasteiger partial charge in [0.25, 0.3) is 0 Å². The largest absolute Gasteiger partial charge is 0.497 e. The van der Waals surface area contributed by atoms with Crippen LogP contribution in [0.5, 0.6) is 5.75 Å². The maximum Gasteiger partial charge on any atom is 0.311 e. The molecule has 1 aliphatic carbocycles. The van der Waals surface area contributed by atoms with Gasteiger partial charge in [0.05, 0.1) is 13.0 Å². The predicted octanol–water partition coefficient (Wildman–Crippen LogP) is 3.84. The first-order valence-corrected chi connectivity index (χ1v) is 9.86. The van der Waals surface area contributed by atoms with Crippen LogP contribution in [-0.4, -0.2) is 49.0 Å². The van der Waals surface area contributed by atoms with Crippen molar-refractivity contribution in [2.24, 2.45) is 5.92 Å². The average molecular weight is 423 g/mol. The van der Waals surface area contributed by atoms with Crippen LogP contribution in [0.3, 0.4) is 0 Å². The van der Waals surface area contributed by atoms with E-state index >= 15 is 0 Å². The fourth-order valence-electron chi connectivity index (χ4n) is 3.81. The molecule has 5 nitrogen and oxygen atoms in total. The van der Waals surface area contributed by atoms with Gasteiger partial charge in [-0.2, -0.15) is 4.39 Å². The molecule has 1 saturated heterocycles. The van der Waals surface area contributed by atoms with Crippen LogP contribution in [0.4, 0.5) is 13.2 Å². The maximum atomic E-state index is 14.2. The Hall–Kier alpha value is -2.61. The first kappa shape index (κ1) is 22.1. The number of methoxy groups -OCH3 is 1. The number of carbonyl (C=O) groups excluding carboxylic acids is 2. The van der Waals surface area contributed by atoms with Gasteiger partial charge in [-0.15, -0.1) is 0 Å². The molecule has 2 aliphatic rings. The topological polar surface area (TPSA) is 55.8 Å². The number of halogens is 3. The van der Waals surface area contributed by atoms with Gasteiger partial charge in [-0.25, -0.2) is 8.78 Å². The number of hydrogen-bond acceptors (Lipinski definition) is 5. The minimum Gasteiger partial charge on any atom is -0.497 e. The minimum absolute atomic E-state index is 0.333. The van der Waals surface area contributed by atoms with Gasteiger partial charge in [0.1, 0.15) is 5.75 Å². The molecule has 30 heavy (non-hydrogen) atoms. The van der Waals surface area contributed by atoms with E-state index in [0.717, 1.165) is 19.5 Å². The summed E-state index contributed by atoms with van der Waals surface area (Å²) in [6.07, 6.45) is 1.54. The molecule has 2 atom stereocenters. The Morgan fingerprint density at radius 3 is 2.53 bits per heavy atom. The summed E-state index contributed by atoms with van der Waals surface area (Å²) in [5.74, 6) is -7.45. The summed E-state index contributed by atoms with van der Waals surface area (Å²) in [5.41, 5.74) is -1.82. The molecule has 0 spiro atoms. The van der Waals surface area contributed by atoms with E-state index in [2.05, 4.69) is 4.90 Å². The van der Waals surface area contributed by atoms with Gasteiger partial charge in [-0.3, -0.25) is 9.59 Å². The highest BCUT2D eigenvalue weighted by atomic mass is 19.2. The Bertz CT molecular complexity index is 881. The lowest BCUT2D eigenvalue weighted by molar-refractivity contribution is -0.167. The van der Waals surface area contributed by atoms with Crippen LogP contribution in [0.2, 0.25) is 0 Å². The normalized spacial score (nSPS) is 25.2. The van der Waals surface area contributed by atoms with Crippen LogP contribution in [-0.2, 0) is 20.7 Å². The SMILES string of the molecule is CCN1CCCC(C(=O)OC2(Cc3ccc(OC)cc3)C=C(F)C(F)=C(F)C2=O)C1. The minimum atomic E-state index is -2.29. The summed E-state index contributed by atoms with van der Waals surface area (Å²) >= 11 is 0. The van der Waals surface area contributed by atoms with E-state index in [0.29, 0.717) is 30.4 Å². The highest BCUT2D eigenvalue weighted by Crippen LogP contribution is 2.37. The number of piperidine rings is 1. The number of rotatable bonds is 6. The first-order chi connectivity index (χ1) is 14.3. The van der Waals surface area contributed by atoms with Gasteiger partial charge in [0.2, 0.25) is 17.2 Å². The van der Waals surface area contributed by atoms with Crippen molar-refractivity contribution >= 4 is 11.8 Å². The lowest BCUT2D eigenvalue weighted by Crippen LogP contribution is -2.49. The van der Waals surface area contributed by atoms with E-state index in [1.807, 2.05) is 6.92 Å². The van der Waals surface area contributed by atoms with Gasteiger partial charge < -0.3 is 14.4 Å². The third-order valence-corrected chi connectivity index (χ3v) is 5.54. The molecular weight excluding hydrogens is 399 g/mol. The zero-order chi connectivity index (χ0) is 21.9. The maximum absolute atomic E-state index is 14.2. The van der Waals surface area contributed by atoms with Gasteiger partial charge in [0, 0.05) is 19.0 Å². The van der Waals surface area contributed by atoms with Crippen molar-refractivity contribution in [1.82, 2.24) is 4.90 Å². The Morgan fingerprint density at radius 1 is 1.20 bits per heavy atom. The molecule has 1 aromatic rings. The van der Waals surface area contributed by atoms with Crippen molar-refractivity contribution < 1.29 is 32.2 Å². The van der Waals surface area contributed by atoms with Crippen LogP contribution in [0, 0.1) is 5.92 Å². The molecule has 1 heterocycles. The number of esters is 1. The second kappa shape index (κ2) is 9.04. The summed E-state index contributed by atoms with van der Waals surface area (Å²) < 4.78 is 52.6. The fourth-order valence-corrected chi connectivity index (χ4v) is 3.81. The molecule has 8 heteroatoms. The Morgan fingerprint density at radius 2 is 1.90 bits per heavy atom. The van der Waals surface area contributed by atoms with E-state index in [4.69, 9.17) is 9.47 Å². The fraction of sp³-hybridized carbons (Fsp3) is 0.455. The molecule has 0 bridgehead atoms. The smallest absolute Gasteiger partial charge is 0.311 e. The van der Waals surface area contributed by atoms with Crippen molar-refractivity contribution in [2.45, 2.75) is 31.8 Å². The Labute approximate surface area is 173 Å². The number of nitrogens with zero attached hydrogens (tertiary/aromatic N) is 1. The van der Waals surface area contributed by atoms with E-state index in [-0.39, 0.29) is 6.42 Å². The van der Waals surface area contributed by atoms with Gasteiger partial charge >= 0.3 is 5.97 Å². The van der Waals surface area contributed by atoms with E-state index < -0.39 is 40.8 Å².